The summed E-state index contributed by atoms with van der Waals surface area (Å²) in [5.74, 6) is 0.848. The zero-order chi connectivity index (χ0) is 13.9. The van der Waals surface area contributed by atoms with Crippen molar-refractivity contribution in [2.75, 3.05) is 24.2 Å². The van der Waals surface area contributed by atoms with Gasteiger partial charge in [-0.25, -0.2) is 4.39 Å². The molecule has 0 saturated heterocycles. The Bertz CT molecular complexity index is 326. The third-order valence-corrected chi connectivity index (χ3v) is 3.74. The second-order valence-corrected chi connectivity index (χ2v) is 5.54. The second kappa shape index (κ2) is 10.1. The van der Waals surface area contributed by atoms with Gasteiger partial charge < -0.3 is 4.90 Å². The first-order chi connectivity index (χ1) is 9.24. The Hall–Kier alpha value is -0.700. The molecule has 0 aliphatic carbocycles. The Balaban J connectivity index is 2.04. The molecule has 0 saturated carbocycles. The van der Waals surface area contributed by atoms with E-state index in [1.807, 2.05) is 12.1 Å². The summed E-state index contributed by atoms with van der Waals surface area (Å²) in [6.45, 7) is 1.04. The fraction of sp³-hybridized carbons (Fsp3) is 0.625. The van der Waals surface area contributed by atoms with Crippen LogP contribution in [0.3, 0.4) is 0 Å². The average Bonchev–Trinajstić information content (AvgIpc) is 2.42. The molecule has 19 heavy (non-hydrogen) atoms. The van der Waals surface area contributed by atoms with Crippen LogP contribution in [0.15, 0.2) is 24.3 Å². The summed E-state index contributed by atoms with van der Waals surface area (Å²) in [6.07, 6.45) is 9.06. The maximum atomic E-state index is 12.8. The number of nitrogens with zero attached hydrogens (tertiary/aromatic N) is 1. The molecular formula is C16H26FNS. The predicted octanol–water partition coefficient (Wildman–Crippen LogP) is 4.92. The molecule has 0 bridgehead atoms. The first-order valence-corrected chi connectivity index (χ1v) is 7.95. The minimum atomic E-state index is -0.168. The van der Waals surface area contributed by atoms with E-state index < -0.39 is 0 Å². The number of unbranched alkanes of at least 4 members (excludes halogenated alkanes) is 6. The van der Waals surface area contributed by atoms with Gasteiger partial charge in [0.25, 0.3) is 0 Å². The van der Waals surface area contributed by atoms with Gasteiger partial charge in [0, 0.05) is 19.3 Å². The number of hydrogen-bond donors (Lipinski definition) is 1. The zero-order valence-electron chi connectivity index (χ0n) is 11.9. The highest BCUT2D eigenvalue weighted by Crippen LogP contribution is 2.14. The maximum absolute atomic E-state index is 12.8. The molecule has 0 aromatic heterocycles. The van der Waals surface area contributed by atoms with Gasteiger partial charge in [0.2, 0.25) is 0 Å². The topological polar surface area (TPSA) is 3.24 Å². The highest BCUT2D eigenvalue weighted by Gasteiger charge is 2.00. The summed E-state index contributed by atoms with van der Waals surface area (Å²) in [4.78, 5) is 2.19. The van der Waals surface area contributed by atoms with Crippen molar-refractivity contribution < 1.29 is 4.39 Å². The lowest BCUT2D eigenvalue weighted by Gasteiger charge is -2.19. The lowest BCUT2D eigenvalue weighted by Crippen LogP contribution is -2.18. The summed E-state index contributed by atoms with van der Waals surface area (Å²) in [5, 5.41) is 0. The van der Waals surface area contributed by atoms with E-state index in [0.29, 0.717) is 0 Å². The number of benzene rings is 1. The molecule has 1 nitrogen and oxygen atoms in total. The SMILES string of the molecule is CN(CCCCCCCCCS)c1ccc(F)cc1. The third-order valence-electron chi connectivity index (χ3n) is 3.42. The number of anilines is 1. The molecule has 0 aliphatic rings. The molecule has 0 heterocycles. The molecule has 0 N–H and O–H groups in total. The summed E-state index contributed by atoms with van der Waals surface area (Å²) >= 11 is 4.21. The van der Waals surface area contributed by atoms with Gasteiger partial charge in [-0.15, -0.1) is 0 Å². The van der Waals surface area contributed by atoms with Crippen molar-refractivity contribution in [3.63, 3.8) is 0 Å². The molecule has 0 aliphatic heterocycles. The van der Waals surface area contributed by atoms with Crippen LogP contribution in [0, 0.1) is 5.82 Å². The quantitative estimate of drug-likeness (QED) is 0.471. The minimum absolute atomic E-state index is 0.168. The van der Waals surface area contributed by atoms with Gasteiger partial charge in [-0.05, 0) is 42.9 Å². The Morgan fingerprint density at radius 2 is 1.42 bits per heavy atom. The molecule has 1 rings (SSSR count). The minimum Gasteiger partial charge on any atom is -0.375 e. The van der Waals surface area contributed by atoms with Crippen LogP contribution in [0.1, 0.15) is 44.9 Å². The summed E-state index contributed by atoms with van der Waals surface area (Å²) in [6, 6.07) is 6.72. The monoisotopic (exact) mass is 283 g/mol. The van der Waals surface area contributed by atoms with Crippen LogP contribution >= 0.6 is 12.6 Å². The van der Waals surface area contributed by atoms with Crippen molar-refractivity contribution in [2.24, 2.45) is 0 Å². The van der Waals surface area contributed by atoms with Gasteiger partial charge >= 0.3 is 0 Å². The predicted molar refractivity (Wildman–Crippen MR) is 85.8 cm³/mol. The van der Waals surface area contributed by atoms with E-state index in [2.05, 4.69) is 24.6 Å². The summed E-state index contributed by atoms with van der Waals surface area (Å²) < 4.78 is 12.8. The summed E-state index contributed by atoms with van der Waals surface area (Å²) in [5.41, 5.74) is 1.09. The van der Waals surface area contributed by atoms with Gasteiger partial charge in [0.15, 0.2) is 0 Å². The summed E-state index contributed by atoms with van der Waals surface area (Å²) in [7, 11) is 2.07. The molecule has 1 aromatic carbocycles. The van der Waals surface area contributed by atoms with Crippen molar-refractivity contribution in [1.29, 1.82) is 0 Å². The Morgan fingerprint density at radius 1 is 0.895 bits per heavy atom. The number of thiol groups is 1. The molecule has 108 valence electrons. The van der Waals surface area contributed by atoms with Crippen LogP contribution in [-0.2, 0) is 0 Å². The van der Waals surface area contributed by atoms with Crippen LogP contribution in [0.2, 0.25) is 0 Å². The van der Waals surface area contributed by atoms with E-state index in [4.69, 9.17) is 0 Å². The first kappa shape index (κ1) is 16.4. The fourth-order valence-corrected chi connectivity index (χ4v) is 2.39. The van der Waals surface area contributed by atoms with E-state index >= 15 is 0 Å². The molecule has 0 radical (unpaired) electrons. The van der Waals surface area contributed by atoms with E-state index in [1.165, 1.54) is 57.1 Å². The van der Waals surface area contributed by atoms with Gasteiger partial charge in [-0.2, -0.15) is 12.6 Å². The Labute approximate surface area is 122 Å². The standard InChI is InChI=1S/C16H26FNS/c1-18(16-11-9-15(17)10-12-16)13-7-5-3-2-4-6-8-14-19/h9-12,19H,2-8,13-14H2,1H3. The maximum Gasteiger partial charge on any atom is 0.123 e. The third kappa shape index (κ3) is 7.46. The van der Waals surface area contributed by atoms with Gasteiger partial charge in [0.05, 0.1) is 0 Å². The smallest absolute Gasteiger partial charge is 0.123 e. The van der Waals surface area contributed by atoms with Crippen molar-refractivity contribution in [3.8, 4) is 0 Å². The highest BCUT2D eigenvalue weighted by atomic mass is 32.1. The largest absolute Gasteiger partial charge is 0.375 e. The Kier molecular flexibility index (Phi) is 8.72. The van der Waals surface area contributed by atoms with Crippen molar-refractivity contribution >= 4 is 18.3 Å². The zero-order valence-corrected chi connectivity index (χ0v) is 12.8. The normalized spacial score (nSPS) is 10.7. The lowest BCUT2D eigenvalue weighted by molar-refractivity contribution is 0.590. The van der Waals surface area contributed by atoms with Crippen molar-refractivity contribution in [2.45, 2.75) is 44.9 Å². The van der Waals surface area contributed by atoms with Crippen LogP contribution in [0.5, 0.6) is 0 Å². The molecular weight excluding hydrogens is 257 g/mol. The molecule has 0 fully saturated rings. The molecule has 0 amide bonds. The molecule has 3 heteroatoms. The number of rotatable bonds is 10. The van der Waals surface area contributed by atoms with Crippen molar-refractivity contribution in [1.82, 2.24) is 0 Å². The van der Waals surface area contributed by atoms with Crippen LogP contribution in [0.4, 0.5) is 10.1 Å². The van der Waals surface area contributed by atoms with E-state index in [-0.39, 0.29) is 5.82 Å². The fourth-order valence-electron chi connectivity index (χ4n) is 2.17. The van der Waals surface area contributed by atoms with Crippen molar-refractivity contribution in [3.05, 3.63) is 30.1 Å². The number of halogens is 1. The van der Waals surface area contributed by atoms with E-state index in [1.54, 1.807) is 0 Å². The highest BCUT2D eigenvalue weighted by molar-refractivity contribution is 7.80. The van der Waals surface area contributed by atoms with Gasteiger partial charge in [-0.1, -0.05) is 32.1 Å². The van der Waals surface area contributed by atoms with E-state index in [9.17, 15) is 4.39 Å². The van der Waals surface area contributed by atoms with Gasteiger partial charge in [-0.3, -0.25) is 0 Å². The average molecular weight is 283 g/mol. The second-order valence-electron chi connectivity index (χ2n) is 5.10. The molecule has 0 spiro atoms. The first-order valence-electron chi connectivity index (χ1n) is 7.31. The van der Waals surface area contributed by atoms with Crippen LogP contribution < -0.4 is 4.90 Å². The van der Waals surface area contributed by atoms with Crippen LogP contribution in [0.25, 0.3) is 0 Å². The molecule has 0 atom stereocenters. The van der Waals surface area contributed by atoms with Crippen LogP contribution in [-0.4, -0.2) is 19.3 Å². The van der Waals surface area contributed by atoms with Gasteiger partial charge in [0.1, 0.15) is 5.82 Å². The Morgan fingerprint density at radius 3 is 2.00 bits per heavy atom. The number of hydrogen-bond acceptors (Lipinski definition) is 2. The van der Waals surface area contributed by atoms with E-state index in [0.717, 1.165) is 18.0 Å². The molecule has 0 unspecified atom stereocenters. The molecule has 1 aromatic rings. The lowest BCUT2D eigenvalue weighted by atomic mass is 10.1.